The molecule has 0 saturated carbocycles. The van der Waals surface area contributed by atoms with Crippen LogP contribution in [0, 0.1) is 5.41 Å². The number of ether oxygens (including phenoxy) is 1. The molecule has 0 atom stereocenters. The van der Waals surface area contributed by atoms with Gasteiger partial charge in [-0.25, -0.2) is 0 Å². The van der Waals surface area contributed by atoms with E-state index in [1.807, 2.05) is 24.3 Å². The lowest BCUT2D eigenvalue weighted by Crippen LogP contribution is -2.23. The first-order chi connectivity index (χ1) is 9.69. The van der Waals surface area contributed by atoms with E-state index >= 15 is 0 Å². The molecule has 0 bridgehead atoms. The molecule has 112 valence electrons. The highest BCUT2D eigenvalue weighted by Gasteiger charge is 2.33. The molecule has 0 radical (unpaired) electrons. The van der Waals surface area contributed by atoms with Crippen LogP contribution in [0.5, 0.6) is 11.5 Å². The Kier molecular flexibility index (Phi) is 4.13. The zero-order chi connectivity index (χ0) is 15.7. The Bertz CT molecular complexity index is 564. The van der Waals surface area contributed by atoms with Gasteiger partial charge in [-0.15, -0.1) is 0 Å². The predicted molar refractivity (Wildman–Crippen MR) is 90.2 cm³/mol. The van der Waals surface area contributed by atoms with E-state index in [-0.39, 0.29) is 5.41 Å². The zero-order valence-electron chi connectivity index (χ0n) is 14.0. The minimum Gasteiger partial charge on any atom is -0.457 e. The molecule has 1 heterocycles. The molecule has 0 saturated heterocycles. The van der Waals surface area contributed by atoms with Crippen LogP contribution in [0.4, 0.5) is 0 Å². The lowest BCUT2D eigenvalue weighted by Gasteiger charge is -2.34. The predicted octanol–water partition coefficient (Wildman–Crippen LogP) is 6.17. The van der Waals surface area contributed by atoms with Gasteiger partial charge in [-0.2, -0.15) is 0 Å². The molecule has 1 nitrogen and oxygen atoms in total. The van der Waals surface area contributed by atoms with Crippen molar-refractivity contribution < 1.29 is 4.74 Å². The average Bonchev–Trinajstić information content (AvgIpc) is 2.37. The second-order valence-corrected chi connectivity index (χ2v) is 7.72. The van der Waals surface area contributed by atoms with Crippen molar-refractivity contribution in [1.82, 2.24) is 0 Å². The normalized spacial score (nSPS) is 15.0. The van der Waals surface area contributed by atoms with Gasteiger partial charge < -0.3 is 4.74 Å². The zero-order valence-corrected chi connectivity index (χ0v) is 14.0. The highest BCUT2D eigenvalue weighted by Crippen LogP contribution is 2.47. The summed E-state index contributed by atoms with van der Waals surface area (Å²) < 4.78 is 5.91. The van der Waals surface area contributed by atoms with Crippen molar-refractivity contribution in [3.05, 3.63) is 59.7 Å². The van der Waals surface area contributed by atoms with Crippen LogP contribution in [0.3, 0.4) is 0 Å². The summed E-state index contributed by atoms with van der Waals surface area (Å²) in [6.45, 7) is 13.2. The quantitative estimate of drug-likeness (QED) is 0.561. The Morgan fingerprint density at radius 2 is 1.05 bits per heavy atom. The van der Waals surface area contributed by atoms with E-state index in [1.165, 1.54) is 11.1 Å². The number of rotatable bonds is 0. The van der Waals surface area contributed by atoms with Crippen molar-refractivity contribution >= 4 is 0 Å². The maximum atomic E-state index is 5.91. The van der Waals surface area contributed by atoms with Crippen molar-refractivity contribution in [3.63, 3.8) is 0 Å². The van der Waals surface area contributed by atoms with Gasteiger partial charge in [-0.1, -0.05) is 77.9 Å². The molecule has 0 aromatic heterocycles. The SMILES string of the molecule is CC(C)(C)C.CC1(C)c2ccccc2Oc2ccccc21. The molecule has 1 aliphatic rings. The molecule has 0 N–H and O–H groups in total. The summed E-state index contributed by atoms with van der Waals surface area (Å²) in [5, 5.41) is 0. The summed E-state index contributed by atoms with van der Waals surface area (Å²) in [5.41, 5.74) is 3.04. The Morgan fingerprint density at radius 1 is 0.714 bits per heavy atom. The molecule has 2 aromatic carbocycles. The van der Waals surface area contributed by atoms with Gasteiger partial charge in [0.1, 0.15) is 11.5 Å². The molecule has 0 amide bonds. The third-order valence-electron chi connectivity index (χ3n) is 3.34. The van der Waals surface area contributed by atoms with E-state index in [9.17, 15) is 0 Å². The van der Waals surface area contributed by atoms with Crippen molar-refractivity contribution in [2.75, 3.05) is 0 Å². The van der Waals surface area contributed by atoms with Crippen molar-refractivity contribution in [2.45, 2.75) is 47.0 Å². The number of fused-ring (bicyclic) bond motifs is 2. The van der Waals surface area contributed by atoms with E-state index in [2.05, 4.69) is 65.8 Å². The van der Waals surface area contributed by atoms with Gasteiger partial charge in [0.15, 0.2) is 0 Å². The number of hydrogen-bond acceptors (Lipinski definition) is 1. The topological polar surface area (TPSA) is 9.23 Å². The van der Waals surface area contributed by atoms with Crippen LogP contribution < -0.4 is 4.74 Å². The van der Waals surface area contributed by atoms with Crippen LogP contribution in [0.1, 0.15) is 52.7 Å². The second kappa shape index (κ2) is 5.55. The lowest BCUT2D eigenvalue weighted by atomic mass is 9.76. The molecule has 0 fully saturated rings. The van der Waals surface area contributed by atoms with Crippen LogP contribution in [0.15, 0.2) is 48.5 Å². The Labute approximate surface area is 129 Å². The van der Waals surface area contributed by atoms with Gasteiger partial charge in [0, 0.05) is 16.5 Å². The van der Waals surface area contributed by atoms with Gasteiger partial charge in [-0.3, -0.25) is 0 Å². The second-order valence-electron chi connectivity index (χ2n) is 7.72. The van der Waals surface area contributed by atoms with E-state index in [0.717, 1.165) is 11.5 Å². The molecule has 0 unspecified atom stereocenters. The molecular formula is C20H26O. The first kappa shape index (κ1) is 15.6. The third kappa shape index (κ3) is 3.66. The highest BCUT2D eigenvalue weighted by molar-refractivity contribution is 5.56. The summed E-state index contributed by atoms with van der Waals surface area (Å²) in [6.07, 6.45) is 0. The van der Waals surface area contributed by atoms with Crippen molar-refractivity contribution in [1.29, 1.82) is 0 Å². The lowest BCUT2D eigenvalue weighted by molar-refractivity contribution is 0.418. The number of para-hydroxylation sites is 2. The van der Waals surface area contributed by atoms with Crippen molar-refractivity contribution in [2.24, 2.45) is 5.41 Å². The molecule has 0 spiro atoms. The van der Waals surface area contributed by atoms with Gasteiger partial charge in [0.2, 0.25) is 0 Å². The minimum absolute atomic E-state index is 0.0193. The van der Waals surface area contributed by atoms with Crippen LogP contribution in [0.25, 0.3) is 0 Å². The Balaban J connectivity index is 0.000000282. The van der Waals surface area contributed by atoms with Crippen LogP contribution >= 0.6 is 0 Å². The summed E-state index contributed by atoms with van der Waals surface area (Å²) in [4.78, 5) is 0. The van der Waals surface area contributed by atoms with Crippen LogP contribution in [-0.2, 0) is 5.41 Å². The van der Waals surface area contributed by atoms with E-state index in [0.29, 0.717) is 5.41 Å². The maximum absolute atomic E-state index is 5.91. The number of benzene rings is 2. The molecular weight excluding hydrogens is 256 g/mol. The highest BCUT2D eigenvalue weighted by atomic mass is 16.5. The largest absolute Gasteiger partial charge is 0.457 e. The summed E-state index contributed by atoms with van der Waals surface area (Å²) in [5.74, 6) is 1.96. The Hall–Kier alpha value is -1.76. The fourth-order valence-electron chi connectivity index (χ4n) is 2.41. The minimum atomic E-state index is 0.0193. The smallest absolute Gasteiger partial charge is 0.131 e. The van der Waals surface area contributed by atoms with Crippen LogP contribution in [0.2, 0.25) is 0 Å². The molecule has 3 rings (SSSR count). The fourth-order valence-corrected chi connectivity index (χ4v) is 2.41. The van der Waals surface area contributed by atoms with Gasteiger partial charge in [0.25, 0.3) is 0 Å². The number of hydrogen-bond donors (Lipinski definition) is 0. The molecule has 1 aliphatic heterocycles. The molecule has 0 aliphatic carbocycles. The van der Waals surface area contributed by atoms with Crippen molar-refractivity contribution in [3.8, 4) is 11.5 Å². The van der Waals surface area contributed by atoms with Crippen LogP contribution in [-0.4, -0.2) is 0 Å². The summed E-state index contributed by atoms with van der Waals surface area (Å²) >= 11 is 0. The third-order valence-corrected chi connectivity index (χ3v) is 3.34. The first-order valence-electron chi connectivity index (χ1n) is 7.56. The summed E-state index contributed by atoms with van der Waals surface area (Å²) in [7, 11) is 0. The van der Waals surface area contributed by atoms with Gasteiger partial charge in [-0.05, 0) is 17.5 Å². The maximum Gasteiger partial charge on any atom is 0.131 e. The average molecular weight is 282 g/mol. The Morgan fingerprint density at radius 3 is 1.43 bits per heavy atom. The van der Waals surface area contributed by atoms with E-state index < -0.39 is 0 Å². The molecule has 2 aromatic rings. The van der Waals surface area contributed by atoms with Gasteiger partial charge >= 0.3 is 0 Å². The first-order valence-corrected chi connectivity index (χ1v) is 7.56. The fraction of sp³-hybridized carbons (Fsp3) is 0.400. The summed E-state index contributed by atoms with van der Waals surface area (Å²) in [6, 6.07) is 16.5. The van der Waals surface area contributed by atoms with E-state index in [1.54, 1.807) is 0 Å². The molecule has 21 heavy (non-hydrogen) atoms. The van der Waals surface area contributed by atoms with E-state index in [4.69, 9.17) is 4.74 Å². The van der Waals surface area contributed by atoms with Gasteiger partial charge in [0.05, 0.1) is 0 Å². The monoisotopic (exact) mass is 282 g/mol. The molecule has 1 heteroatoms. The standard InChI is InChI=1S/C15H14O.C5H12/c1-15(2)11-7-3-5-9-13(11)16-14-10-6-4-8-12(14)15;1-5(2,3)4/h3-10H,1-2H3;1-4H3.